The predicted octanol–water partition coefficient (Wildman–Crippen LogP) is 2.20. The number of halogens is 1. The van der Waals surface area contributed by atoms with Crippen molar-refractivity contribution < 1.29 is 4.79 Å². The van der Waals surface area contributed by atoms with Gasteiger partial charge in [0.25, 0.3) is 0 Å². The molecule has 1 unspecified atom stereocenters. The van der Waals surface area contributed by atoms with Crippen LogP contribution in [0, 0.1) is 0 Å². The van der Waals surface area contributed by atoms with Gasteiger partial charge in [0.2, 0.25) is 5.91 Å². The SMILES string of the molecule is CC(Cl)C(=O)N(Cc1ccccn1)C1CC1. The summed E-state index contributed by atoms with van der Waals surface area (Å²) in [5, 5.41) is -0.454. The number of amides is 1. The van der Waals surface area contributed by atoms with E-state index >= 15 is 0 Å². The quantitative estimate of drug-likeness (QED) is 0.754. The molecule has 1 atom stereocenters. The molecule has 1 aromatic heterocycles. The fourth-order valence-electron chi connectivity index (χ4n) is 1.67. The van der Waals surface area contributed by atoms with Crippen molar-refractivity contribution in [3.05, 3.63) is 30.1 Å². The highest BCUT2D eigenvalue weighted by Gasteiger charge is 2.34. The van der Waals surface area contributed by atoms with Gasteiger partial charge in [-0.25, -0.2) is 0 Å². The summed E-state index contributed by atoms with van der Waals surface area (Å²) in [6, 6.07) is 6.11. The molecule has 86 valence electrons. The van der Waals surface area contributed by atoms with Crippen LogP contribution in [0.25, 0.3) is 0 Å². The zero-order valence-corrected chi connectivity index (χ0v) is 10.0. The lowest BCUT2D eigenvalue weighted by Gasteiger charge is -2.23. The van der Waals surface area contributed by atoms with Crippen LogP contribution in [-0.4, -0.2) is 27.2 Å². The van der Waals surface area contributed by atoms with Crippen molar-refractivity contribution in [1.82, 2.24) is 9.88 Å². The van der Waals surface area contributed by atoms with Crippen LogP contribution >= 0.6 is 11.6 Å². The summed E-state index contributed by atoms with van der Waals surface area (Å²) in [7, 11) is 0. The van der Waals surface area contributed by atoms with E-state index in [2.05, 4.69) is 4.98 Å². The number of carbonyl (C=O) groups excluding carboxylic acids is 1. The van der Waals surface area contributed by atoms with Gasteiger partial charge in [-0.05, 0) is 31.9 Å². The van der Waals surface area contributed by atoms with E-state index in [1.54, 1.807) is 13.1 Å². The Morgan fingerprint density at radius 1 is 1.62 bits per heavy atom. The molecule has 0 saturated heterocycles. The summed E-state index contributed by atoms with van der Waals surface area (Å²) < 4.78 is 0. The van der Waals surface area contributed by atoms with Crippen molar-refractivity contribution in [1.29, 1.82) is 0 Å². The normalized spacial score (nSPS) is 16.9. The second-order valence-electron chi connectivity index (χ2n) is 4.13. The molecular weight excluding hydrogens is 224 g/mol. The lowest BCUT2D eigenvalue weighted by atomic mass is 10.3. The first-order chi connectivity index (χ1) is 7.68. The standard InChI is InChI=1S/C12H15ClN2O/c1-9(13)12(16)15(11-5-6-11)8-10-4-2-3-7-14-10/h2-4,7,9,11H,5-6,8H2,1H3. The largest absolute Gasteiger partial charge is 0.333 e. The predicted molar refractivity (Wildman–Crippen MR) is 63.1 cm³/mol. The first kappa shape index (κ1) is 11.4. The zero-order valence-electron chi connectivity index (χ0n) is 9.27. The Kier molecular flexibility index (Phi) is 3.44. The number of alkyl halides is 1. The van der Waals surface area contributed by atoms with E-state index in [1.807, 2.05) is 23.1 Å². The smallest absolute Gasteiger partial charge is 0.240 e. The summed E-state index contributed by atoms with van der Waals surface area (Å²) in [5.74, 6) is 0.00909. The van der Waals surface area contributed by atoms with Gasteiger partial charge in [-0.3, -0.25) is 9.78 Å². The third-order valence-electron chi connectivity index (χ3n) is 2.67. The Morgan fingerprint density at radius 3 is 2.88 bits per heavy atom. The molecular formula is C12H15ClN2O. The van der Waals surface area contributed by atoms with Gasteiger partial charge < -0.3 is 4.90 Å². The molecule has 0 aliphatic heterocycles. The molecule has 1 aliphatic rings. The lowest BCUT2D eigenvalue weighted by molar-refractivity contribution is -0.131. The minimum absolute atomic E-state index is 0.00909. The van der Waals surface area contributed by atoms with E-state index < -0.39 is 5.38 Å². The van der Waals surface area contributed by atoms with E-state index in [0.717, 1.165) is 18.5 Å². The van der Waals surface area contributed by atoms with Gasteiger partial charge in [0.1, 0.15) is 5.38 Å². The van der Waals surface area contributed by atoms with Crippen LogP contribution in [0.3, 0.4) is 0 Å². The molecule has 1 amide bonds. The van der Waals surface area contributed by atoms with Crippen molar-refractivity contribution in [2.45, 2.75) is 37.7 Å². The summed E-state index contributed by atoms with van der Waals surface area (Å²) >= 11 is 5.85. The summed E-state index contributed by atoms with van der Waals surface area (Å²) in [6.45, 7) is 2.29. The molecule has 1 fully saturated rings. The fourth-order valence-corrected chi connectivity index (χ4v) is 1.79. The van der Waals surface area contributed by atoms with Crippen LogP contribution in [0.15, 0.2) is 24.4 Å². The van der Waals surface area contributed by atoms with Crippen LogP contribution in [0.1, 0.15) is 25.5 Å². The Hall–Kier alpha value is -1.09. The lowest BCUT2D eigenvalue weighted by Crippen LogP contribution is -2.37. The molecule has 0 spiro atoms. The molecule has 1 heterocycles. The number of carbonyl (C=O) groups is 1. The average molecular weight is 239 g/mol. The van der Waals surface area contributed by atoms with Crippen molar-refractivity contribution in [2.75, 3.05) is 0 Å². The first-order valence-electron chi connectivity index (χ1n) is 5.53. The van der Waals surface area contributed by atoms with E-state index in [0.29, 0.717) is 12.6 Å². The maximum absolute atomic E-state index is 11.9. The highest BCUT2D eigenvalue weighted by molar-refractivity contribution is 6.30. The Morgan fingerprint density at radius 2 is 2.38 bits per heavy atom. The third kappa shape index (κ3) is 2.73. The Bertz CT molecular complexity index is 363. The third-order valence-corrected chi connectivity index (χ3v) is 2.86. The molecule has 1 saturated carbocycles. The highest BCUT2D eigenvalue weighted by Crippen LogP contribution is 2.29. The zero-order chi connectivity index (χ0) is 11.5. The van der Waals surface area contributed by atoms with Crippen molar-refractivity contribution in [2.24, 2.45) is 0 Å². The molecule has 16 heavy (non-hydrogen) atoms. The maximum atomic E-state index is 11.9. The number of hydrogen-bond donors (Lipinski definition) is 0. The van der Waals surface area contributed by atoms with Crippen LogP contribution < -0.4 is 0 Å². The Balaban J connectivity index is 2.06. The first-order valence-corrected chi connectivity index (χ1v) is 5.96. The fraction of sp³-hybridized carbons (Fsp3) is 0.500. The van der Waals surface area contributed by atoms with Crippen molar-refractivity contribution in [3.8, 4) is 0 Å². The van der Waals surface area contributed by atoms with E-state index in [-0.39, 0.29) is 5.91 Å². The summed E-state index contributed by atoms with van der Waals surface area (Å²) in [5.41, 5.74) is 0.917. The number of nitrogens with zero attached hydrogens (tertiary/aromatic N) is 2. The average Bonchev–Trinajstić information content (AvgIpc) is 3.10. The minimum atomic E-state index is -0.454. The molecule has 0 radical (unpaired) electrons. The molecule has 0 N–H and O–H groups in total. The summed E-state index contributed by atoms with van der Waals surface area (Å²) in [4.78, 5) is 18.0. The van der Waals surface area contributed by atoms with E-state index in [9.17, 15) is 4.79 Å². The highest BCUT2D eigenvalue weighted by atomic mass is 35.5. The van der Waals surface area contributed by atoms with Crippen LogP contribution in [-0.2, 0) is 11.3 Å². The molecule has 1 aromatic rings. The van der Waals surface area contributed by atoms with Gasteiger partial charge in [-0.15, -0.1) is 11.6 Å². The van der Waals surface area contributed by atoms with Gasteiger partial charge in [0.05, 0.1) is 12.2 Å². The number of aromatic nitrogens is 1. The molecule has 0 bridgehead atoms. The monoisotopic (exact) mass is 238 g/mol. The Labute approximate surface area is 100 Å². The van der Waals surface area contributed by atoms with Crippen LogP contribution in [0.2, 0.25) is 0 Å². The number of hydrogen-bond acceptors (Lipinski definition) is 2. The molecule has 0 aromatic carbocycles. The topological polar surface area (TPSA) is 33.2 Å². The van der Waals surface area contributed by atoms with Gasteiger partial charge in [-0.2, -0.15) is 0 Å². The van der Waals surface area contributed by atoms with Crippen LogP contribution in [0.5, 0.6) is 0 Å². The molecule has 2 rings (SSSR count). The van der Waals surface area contributed by atoms with Crippen molar-refractivity contribution in [3.63, 3.8) is 0 Å². The van der Waals surface area contributed by atoms with Gasteiger partial charge in [0, 0.05) is 12.2 Å². The minimum Gasteiger partial charge on any atom is -0.333 e. The molecule has 1 aliphatic carbocycles. The van der Waals surface area contributed by atoms with Crippen LogP contribution in [0.4, 0.5) is 0 Å². The molecule has 4 heteroatoms. The van der Waals surface area contributed by atoms with E-state index in [4.69, 9.17) is 11.6 Å². The maximum Gasteiger partial charge on any atom is 0.240 e. The van der Waals surface area contributed by atoms with Gasteiger partial charge >= 0.3 is 0 Å². The number of rotatable bonds is 4. The van der Waals surface area contributed by atoms with Gasteiger partial charge in [0.15, 0.2) is 0 Å². The second-order valence-corrected chi connectivity index (χ2v) is 4.79. The van der Waals surface area contributed by atoms with Crippen molar-refractivity contribution >= 4 is 17.5 Å². The van der Waals surface area contributed by atoms with E-state index in [1.165, 1.54) is 0 Å². The summed E-state index contributed by atoms with van der Waals surface area (Å²) in [6.07, 6.45) is 3.92. The van der Waals surface area contributed by atoms with Gasteiger partial charge in [-0.1, -0.05) is 6.07 Å². The molecule has 3 nitrogen and oxygen atoms in total. The number of pyridine rings is 1. The second kappa shape index (κ2) is 4.83.